The molecule has 0 saturated heterocycles. The summed E-state index contributed by atoms with van der Waals surface area (Å²) in [6, 6.07) is 0. The number of rotatable bonds is 96. The van der Waals surface area contributed by atoms with Gasteiger partial charge in [0.15, 0.2) is 0 Å². The topological polar surface area (TPSA) is 241 Å². The summed E-state index contributed by atoms with van der Waals surface area (Å²) in [6.07, 6.45) is 119. The third-order valence-electron chi connectivity index (χ3n) is 23.9. The summed E-state index contributed by atoms with van der Waals surface area (Å²) >= 11 is 0. The van der Waals surface area contributed by atoms with Gasteiger partial charge in [0.05, 0.1) is 0 Å². The molecule has 15 heteroatoms. The maximum absolute atomic E-state index is 10.2. The summed E-state index contributed by atoms with van der Waals surface area (Å²) in [6.45, 7) is 13.6. The molecule has 0 rings (SSSR count). The van der Waals surface area contributed by atoms with Crippen LogP contribution in [0.2, 0.25) is 0 Å². The molecule has 720 valence electrons. The van der Waals surface area contributed by atoms with Gasteiger partial charge in [-0.3, -0.25) is 0 Å². The fourth-order valence-electron chi connectivity index (χ4n) is 15.8. The van der Waals surface area contributed by atoms with Crippen molar-refractivity contribution in [2.75, 3.05) is 0 Å². The Kier molecular flexibility index (Phi) is 155. The van der Waals surface area contributed by atoms with E-state index in [1.165, 1.54) is 501 Å². The molecular formula is C108H210O12Zn3. The van der Waals surface area contributed by atoms with E-state index < -0.39 is 35.8 Å². The Balaban J connectivity index is -0.000000180. The first-order chi connectivity index (χ1) is 58.6. The van der Waals surface area contributed by atoms with Crippen molar-refractivity contribution in [2.45, 2.75) is 658 Å². The van der Waals surface area contributed by atoms with Crippen molar-refractivity contribution in [3.05, 3.63) is 0 Å². The van der Waals surface area contributed by atoms with Crippen molar-refractivity contribution in [1.82, 2.24) is 0 Å². The molecule has 0 N–H and O–H groups in total. The molecule has 0 fully saturated rings. The smallest absolute Gasteiger partial charge is 0.550 e. The minimum atomic E-state index is -0.903. The largest absolute Gasteiger partial charge is 2.00 e. The maximum Gasteiger partial charge on any atom is 2.00 e. The van der Waals surface area contributed by atoms with E-state index in [0.29, 0.717) is 0 Å². The third-order valence-corrected chi connectivity index (χ3v) is 23.9. The Labute approximate surface area is 805 Å². The van der Waals surface area contributed by atoms with Crippen molar-refractivity contribution in [1.29, 1.82) is 0 Å². The molecule has 0 spiro atoms. The van der Waals surface area contributed by atoms with E-state index in [4.69, 9.17) is 0 Å². The van der Waals surface area contributed by atoms with E-state index in [0.717, 1.165) is 77.0 Å². The van der Waals surface area contributed by atoms with Gasteiger partial charge in [0.1, 0.15) is 0 Å². The fourth-order valence-corrected chi connectivity index (χ4v) is 15.8. The fraction of sp³-hybridized carbons (Fsp3) is 0.944. The van der Waals surface area contributed by atoms with Crippen molar-refractivity contribution in [3.63, 3.8) is 0 Å². The second-order valence-corrected chi connectivity index (χ2v) is 36.4. The average Bonchev–Trinajstić information content (AvgIpc) is 1.20. The van der Waals surface area contributed by atoms with Gasteiger partial charge >= 0.3 is 58.4 Å². The van der Waals surface area contributed by atoms with Crippen molar-refractivity contribution < 1.29 is 118 Å². The van der Waals surface area contributed by atoms with E-state index in [1.54, 1.807) is 0 Å². The van der Waals surface area contributed by atoms with Gasteiger partial charge in [-0.1, -0.05) is 581 Å². The zero-order valence-corrected chi connectivity index (χ0v) is 92.8. The number of carboxylic acids is 6. The van der Waals surface area contributed by atoms with Crippen LogP contribution in [-0.4, -0.2) is 35.8 Å². The monoisotopic (exact) mass is 1890 g/mol. The minimum Gasteiger partial charge on any atom is -0.550 e. The van der Waals surface area contributed by atoms with Crippen LogP contribution in [0.4, 0.5) is 0 Å². The van der Waals surface area contributed by atoms with Crippen LogP contribution in [-0.2, 0) is 87.2 Å². The first-order valence-electron chi connectivity index (χ1n) is 53.8. The molecule has 0 unspecified atom stereocenters. The number of aliphatic carboxylic acids is 6. The molecule has 0 aliphatic carbocycles. The molecule has 0 amide bonds. The van der Waals surface area contributed by atoms with Gasteiger partial charge in [-0.2, -0.15) is 0 Å². The van der Waals surface area contributed by atoms with E-state index in [2.05, 4.69) is 41.5 Å². The van der Waals surface area contributed by atoms with Crippen molar-refractivity contribution in [3.8, 4) is 0 Å². The molecule has 0 aliphatic rings. The summed E-state index contributed by atoms with van der Waals surface area (Å²) in [5.41, 5.74) is 0. The zero-order chi connectivity index (χ0) is 89.3. The predicted molar refractivity (Wildman–Crippen MR) is 507 cm³/mol. The molecule has 0 bridgehead atoms. The second kappa shape index (κ2) is 136. The van der Waals surface area contributed by atoms with E-state index in [1.807, 2.05) is 0 Å². The van der Waals surface area contributed by atoms with Gasteiger partial charge in [0, 0.05) is 35.8 Å². The number of hydrogen-bond acceptors (Lipinski definition) is 12. The second-order valence-electron chi connectivity index (χ2n) is 36.4. The summed E-state index contributed by atoms with van der Waals surface area (Å²) in [4.78, 5) is 61.3. The third kappa shape index (κ3) is 168. The molecule has 0 radical (unpaired) electrons. The molecule has 0 heterocycles. The average molecular weight is 1900 g/mol. The van der Waals surface area contributed by atoms with Gasteiger partial charge < -0.3 is 59.4 Å². The van der Waals surface area contributed by atoms with Crippen LogP contribution in [0.1, 0.15) is 658 Å². The molecule has 0 aliphatic heterocycles. The quantitative estimate of drug-likeness (QED) is 0.0408. The van der Waals surface area contributed by atoms with Gasteiger partial charge in [-0.25, -0.2) is 0 Å². The molecule has 0 aromatic rings. The van der Waals surface area contributed by atoms with E-state index in [9.17, 15) is 59.4 Å². The zero-order valence-electron chi connectivity index (χ0n) is 83.9. The Morgan fingerprint density at radius 3 is 0.203 bits per heavy atom. The Morgan fingerprint density at radius 2 is 0.154 bits per heavy atom. The minimum absolute atomic E-state index is 0. The van der Waals surface area contributed by atoms with E-state index in [-0.39, 0.29) is 97.0 Å². The standard InChI is InChI=1S/6C18H36O2.3Zn/c6*1-2-3-4-5-6-7-8-9-10-11-12-13-14-15-16-17-18(19)20;;;/h6*2-17H2,1H3,(H,19,20);;;/q;;;;;;3*+2/p-6. The maximum atomic E-state index is 10.2. The number of carbonyl (C=O) groups excluding carboxylic acids is 6. The predicted octanol–water partition coefficient (Wildman–Crippen LogP) is 30.0. The van der Waals surface area contributed by atoms with Crippen molar-refractivity contribution >= 4 is 35.8 Å². The van der Waals surface area contributed by atoms with Crippen LogP contribution in [0.15, 0.2) is 0 Å². The summed E-state index contributed by atoms with van der Waals surface area (Å²) in [5.74, 6) is -5.42. The molecule has 0 atom stereocenters. The number of unbranched alkanes of at least 4 members (excludes halogenated alkanes) is 84. The molecular weight excluding hydrogens is 1690 g/mol. The Hall–Kier alpha value is -1.31. The molecule has 123 heavy (non-hydrogen) atoms. The Morgan fingerprint density at radius 1 is 0.106 bits per heavy atom. The van der Waals surface area contributed by atoms with Crippen molar-refractivity contribution in [2.24, 2.45) is 0 Å². The summed E-state index contributed by atoms with van der Waals surface area (Å²) < 4.78 is 0. The number of carbonyl (C=O) groups is 6. The number of carboxylic acid groups (broad SMARTS) is 6. The van der Waals surface area contributed by atoms with E-state index >= 15 is 0 Å². The van der Waals surface area contributed by atoms with Crippen LogP contribution in [0.5, 0.6) is 0 Å². The van der Waals surface area contributed by atoms with Gasteiger partial charge in [0.25, 0.3) is 0 Å². The van der Waals surface area contributed by atoms with Gasteiger partial charge in [-0.15, -0.1) is 0 Å². The van der Waals surface area contributed by atoms with Crippen LogP contribution < -0.4 is 30.6 Å². The van der Waals surface area contributed by atoms with Crippen LogP contribution in [0.3, 0.4) is 0 Å². The normalized spacial score (nSPS) is 10.6. The molecule has 0 aromatic carbocycles. The van der Waals surface area contributed by atoms with Gasteiger partial charge in [-0.05, 0) is 77.0 Å². The first kappa shape index (κ1) is 140. The summed E-state index contributed by atoms with van der Waals surface area (Å²) in [5, 5.41) is 61.3. The molecule has 0 aromatic heterocycles. The summed E-state index contributed by atoms with van der Waals surface area (Å²) in [7, 11) is 0. The van der Waals surface area contributed by atoms with Crippen LogP contribution in [0.25, 0.3) is 0 Å². The van der Waals surface area contributed by atoms with Crippen LogP contribution >= 0.6 is 0 Å². The number of hydrogen-bond donors (Lipinski definition) is 0. The molecule has 12 nitrogen and oxygen atoms in total. The Bertz CT molecular complexity index is 1570. The first-order valence-corrected chi connectivity index (χ1v) is 53.8. The van der Waals surface area contributed by atoms with Gasteiger partial charge in [0.2, 0.25) is 0 Å². The SMILES string of the molecule is CCCCCCCCCCCCCCCCCC(=O)[O-].CCCCCCCCCCCCCCCCCC(=O)[O-].CCCCCCCCCCCCCCCCCC(=O)[O-].CCCCCCCCCCCCCCCCCC(=O)[O-].CCCCCCCCCCCCCCCCCC(=O)[O-].CCCCCCCCCCCCCCCCCC(=O)[O-].[Zn+2].[Zn+2].[Zn+2]. The molecule has 0 saturated carbocycles. The van der Waals surface area contributed by atoms with Crippen LogP contribution in [0, 0.1) is 0 Å².